The van der Waals surface area contributed by atoms with Gasteiger partial charge in [0.15, 0.2) is 0 Å². The van der Waals surface area contributed by atoms with Gasteiger partial charge in [-0.2, -0.15) is 13.2 Å². The van der Waals surface area contributed by atoms with Crippen molar-refractivity contribution in [3.63, 3.8) is 0 Å². The molecule has 5 heterocycles. The summed E-state index contributed by atoms with van der Waals surface area (Å²) in [7, 11) is 0. The number of benzene rings is 1. The van der Waals surface area contributed by atoms with E-state index in [0.717, 1.165) is 28.5 Å². The van der Waals surface area contributed by atoms with E-state index in [1.54, 1.807) is 12.3 Å². The van der Waals surface area contributed by atoms with Crippen LogP contribution < -0.4 is 5.32 Å². The second kappa shape index (κ2) is 9.87. The van der Waals surface area contributed by atoms with Gasteiger partial charge in [0, 0.05) is 49.5 Å². The Morgan fingerprint density at radius 2 is 1.95 bits per heavy atom. The molecule has 38 heavy (non-hydrogen) atoms. The number of amides is 2. The van der Waals surface area contributed by atoms with E-state index in [9.17, 15) is 18.0 Å². The molecule has 8 nitrogen and oxygen atoms in total. The van der Waals surface area contributed by atoms with E-state index in [4.69, 9.17) is 9.47 Å². The predicted molar refractivity (Wildman–Crippen MR) is 135 cm³/mol. The first-order valence-corrected chi connectivity index (χ1v) is 12.9. The number of halogens is 3. The third-order valence-corrected chi connectivity index (χ3v) is 7.73. The van der Waals surface area contributed by atoms with Crippen LogP contribution in [-0.2, 0) is 28.6 Å². The summed E-state index contributed by atoms with van der Waals surface area (Å²) in [5.41, 5.74) is 4.07. The highest BCUT2D eigenvalue weighted by molar-refractivity contribution is 5.85. The molecule has 3 aliphatic rings. The molecule has 0 aliphatic carbocycles. The fraction of sp³-hybridized carbons (Fsp3) is 0.481. The van der Waals surface area contributed by atoms with E-state index in [1.807, 2.05) is 28.9 Å². The molecule has 2 saturated heterocycles. The van der Waals surface area contributed by atoms with Gasteiger partial charge in [0.05, 0.1) is 44.1 Å². The van der Waals surface area contributed by atoms with Gasteiger partial charge < -0.3 is 29.6 Å². The zero-order valence-electron chi connectivity index (χ0n) is 21.1. The minimum absolute atomic E-state index is 0.0103. The number of hydrogen-bond donors (Lipinski definition) is 2. The molecule has 2 fully saturated rings. The number of aromatic amines is 1. The van der Waals surface area contributed by atoms with Gasteiger partial charge in [-0.05, 0) is 47.7 Å². The fourth-order valence-corrected chi connectivity index (χ4v) is 5.69. The molecule has 0 unspecified atom stereocenters. The maximum absolute atomic E-state index is 13.6. The van der Waals surface area contributed by atoms with Crippen LogP contribution in [0.5, 0.6) is 0 Å². The standard InChI is InChI=1S/C27H30F3N5O3/c1-16-14-38-7-5-35(16)26(36)34-4-2-17-8-18(9-20(22(17)13-34)24-15-37-6-3-31-24)19-10-21-23(27(28,29)30)12-33-25(21)32-11-19/h8-12,16,24,31H,2-7,13-15H2,1H3,(H,32,33)/t16-,24-/m0/s1. The minimum atomic E-state index is -4.48. The lowest BCUT2D eigenvalue weighted by Crippen LogP contribution is -2.53. The average molecular weight is 530 g/mol. The Morgan fingerprint density at radius 3 is 2.71 bits per heavy atom. The number of nitrogens with one attached hydrogen (secondary N) is 2. The summed E-state index contributed by atoms with van der Waals surface area (Å²) in [6.07, 6.45) is -1.25. The number of H-pyrrole nitrogens is 1. The second-order valence-electron chi connectivity index (χ2n) is 10.2. The van der Waals surface area contributed by atoms with Crippen molar-refractivity contribution in [2.45, 2.75) is 38.1 Å². The summed E-state index contributed by atoms with van der Waals surface area (Å²) in [4.78, 5) is 24.1. The van der Waals surface area contributed by atoms with Gasteiger partial charge in [0.1, 0.15) is 5.65 Å². The van der Waals surface area contributed by atoms with Crippen molar-refractivity contribution in [3.8, 4) is 11.1 Å². The summed E-state index contributed by atoms with van der Waals surface area (Å²) < 4.78 is 51.9. The number of pyridine rings is 1. The van der Waals surface area contributed by atoms with E-state index in [2.05, 4.69) is 15.3 Å². The van der Waals surface area contributed by atoms with Crippen LogP contribution >= 0.6 is 0 Å². The number of urea groups is 1. The molecule has 6 rings (SSSR count). The Balaban J connectivity index is 1.38. The number of morpholine rings is 2. The van der Waals surface area contributed by atoms with Crippen LogP contribution in [0, 0.1) is 0 Å². The highest BCUT2D eigenvalue weighted by atomic mass is 19.4. The van der Waals surface area contributed by atoms with Crippen LogP contribution in [-0.4, -0.2) is 77.9 Å². The largest absolute Gasteiger partial charge is 0.418 e. The summed E-state index contributed by atoms with van der Waals surface area (Å²) in [5.74, 6) is 0. The quantitative estimate of drug-likeness (QED) is 0.522. The minimum Gasteiger partial charge on any atom is -0.378 e. The topological polar surface area (TPSA) is 82.7 Å². The van der Waals surface area contributed by atoms with Crippen LogP contribution in [0.15, 0.2) is 30.6 Å². The maximum atomic E-state index is 13.6. The Bertz CT molecular complexity index is 1350. The van der Waals surface area contributed by atoms with Crippen LogP contribution in [0.2, 0.25) is 0 Å². The highest BCUT2D eigenvalue weighted by Crippen LogP contribution is 2.38. The number of aromatic nitrogens is 2. The van der Waals surface area contributed by atoms with Gasteiger partial charge in [0.2, 0.25) is 0 Å². The lowest BCUT2D eigenvalue weighted by molar-refractivity contribution is -0.136. The van der Waals surface area contributed by atoms with Gasteiger partial charge in [-0.3, -0.25) is 0 Å². The van der Waals surface area contributed by atoms with Gasteiger partial charge >= 0.3 is 12.2 Å². The molecular weight excluding hydrogens is 499 g/mol. The van der Waals surface area contributed by atoms with Crippen LogP contribution in [0.3, 0.4) is 0 Å². The van der Waals surface area contributed by atoms with E-state index < -0.39 is 11.7 Å². The fourth-order valence-electron chi connectivity index (χ4n) is 5.69. The molecule has 2 amide bonds. The normalized spacial score (nSPS) is 22.5. The SMILES string of the molecule is C[C@H]1COCCN1C(=O)N1CCc2cc(-c3cnc4[nH]cc(C(F)(F)F)c4c3)cc([C@@H]3COCCN3)c2C1. The first-order chi connectivity index (χ1) is 18.3. The number of hydrogen-bond acceptors (Lipinski definition) is 5. The van der Waals surface area contributed by atoms with Crippen molar-refractivity contribution >= 4 is 17.1 Å². The number of fused-ring (bicyclic) bond motifs is 2. The van der Waals surface area contributed by atoms with Crippen molar-refractivity contribution < 1.29 is 27.4 Å². The number of carbonyl (C=O) groups is 1. The summed E-state index contributed by atoms with van der Waals surface area (Å²) in [6.45, 7) is 6.47. The second-order valence-corrected chi connectivity index (χ2v) is 10.2. The molecule has 1 aromatic carbocycles. The Morgan fingerprint density at radius 1 is 1.11 bits per heavy atom. The molecule has 0 radical (unpaired) electrons. The van der Waals surface area contributed by atoms with Crippen molar-refractivity contribution in [2.75, 3.05) is 46.1 Å². The molecule has 3 aliphatic heterocycles. The molecule has 2 aromatic heterocycles. The number of nitrogens with zero attached hydrogens (tertiary/aromatic N) is 3. The maximum Gasteiger partial charge on any atom is 0.418 e. The summed E-state index contributed by atoms with van der Waals surface area (Å²) >= 11 is 0. The molecule has 202 valence electrons. The van der Waals surface area contributed by atoms with Gasteiger partial charge in [-0.25, -0.2) is 9.78 Å². The Labute approximate surface area is 218 Å². The van der Waals surface area contributed by atoms with Crippen molar-refractivity contribution in [2.24, 2.45) is 0 Å². The average Bonchev–Trinajstić information content (AvgIpc) is 3.37. The molecule has 11 heteroatoms. The Kier molecular flexibility index (Phi) is 6.53. The third-order valence-electron chi connectivity index (χ3n) is 7.73. The molecule has 3 aromatic rings. The first kappa shape index (κ1) is 25.1. The molecular formula is C27H30F3N5O3. The first-order valence-electron chi connectivity index (χ1n) is 12.9. The van der Waals surface area contributed by atoms with Crippen molar-refractivity contribution in [1.29, 1.82) is 0 Å². The number of ether oxygens (including phenoxy) is 2. The smallest absolute Gasteiger partial charge is 0.378 e. The molecule has 0 bridgehead atoms. The molecule has 0 spiro atoms. The lowest BCUT2D eigenvalue weighted by atomic mass is 9.87. The monoisotopic (exact) mass is 529 g/mol. The van der Waals surface area contributed by atoms with Gasteiger partial charge in [0.25, 0.3) is 0 Å². The lowest BCUT2D eigenvalue weighted by Gasteiger charge is -2.40. The predicted octanol–water partition coefficient (Wildman–Crippen LogP) is 4.11. The van der Waals surface area contributed by atoms with Crippen LogP contribution in [0.4, 0.5) is 18.0 Å². The van der Waals surface area contributed by atoms with Gasteiger partial charge in [-0.15, -0.1) is 0 Å². The van der Waals surface area contributed by atoms with E-state index in [-0.39, 0.29) is 29.1 Å². The summed E-state index contributed by atoms with van der Waals surface area (Å²) in [6, 6.07) is 5.55. The van der Waals surface area contributed by atoms with E-state index >= 15 is 0 Å². The highest BCUT2D eigenvalue weighted by Gasteiger charge is 2.35. The number of carbonyl (C=O) groups excluding carboxylic acids is 1. The third kappa shape index (κ3) is 4.63. The molecule has 0 saturated carbocycles. The molecule has 2 N–H and O–H groups in total. The number of alkyl halides is 3. The van der Waals surface area contributed by atoms with Crippen LogP contribution in [0.1, 0.15) is 35.2 Å². The van der Waals surface area contributed by atoms with Gasteiger partial charge in [-0.1, -0.05) is 6.07 Å². The zero-order chi connectivity index (χ0) is 26.4. The van der Waals surface area contributed by atoms with E-state index in [1.165, 1.54) is 0 Å². The molecule has 2 atom stereocenters. The Hall–Kier alpha value is -3.15. The van der Waals surface area contributed by atoms with Crippen molar-refractivity contribution in [3.05, 3.63) is 52.8 Å². The van der Waals surface area contributed by atoms with Crippen LogP contribution in [0.25, 0.3) is 22.2 Å². The van der Waals surface area contributed by atoms with E-state index in [0.29, 0.717) is 64.6 Å². The number of rotatable bonds is 2. The summed E-state index contributed by atoms with van der Waals surface area (Å²) in [5, 5.41) is 3.55. The van der Waals surface area contributed by atoms with Crippen molar-refractivity contribution in [1.82, 2.24) is 25.1 Å². The zero-order valence-corrected chi connectivity index (χ0v) is 21.1.